The summed E-state index contributed by atoms with van der Waals surface area (Å²) < 4.78 is 0. The summed E-state index contributed by atoms with van der Waals surface area (Å²) in [5.74, 6) is -1.19. The molecule has 90 valence electrons. The summed E-state index contributed by atoms with van der Waals surface area (Å²) in [7, 11) is 0. The number of hydrogen-bond donors (Lipinski definition) is 2. The van der Waals surface area contributed by atoms with E-state index in [4.69, 9.17) is 5.11 Å². The number of amides is 1. The second-order valence-electron chi connectivity index (χ2n) is 4.49. The largest absolute Gasteiger partial charge is 0.478 e. The van der Waals surface area contributed by atoms with Crippen LogP contribution in [0.25, 0.3) is 0 Å². The van der Waals surface area contributed by atoms with Crippen molar-refractivity contribution >= 4 is 11.9 Å². The second-order valence-corrected chi connectivity index (χ2v) is 4.49. The van der Waals surface area contributed by atoms with E-state index in [2.05, 4.69) is 5.32 Å². The zero-order valence-corrected chi connectivity index (χ0v) is 9.69. The van der Waals surface area contributed by atoms with Crippen LogP contribution in [0.3, 0.4) is 0 Å². The quantitative estimate of drug-likeness (QED) is 0.838. The number of benzene rings is 1. The molecular formula is C13H15NO3. The maximum atomic E-state index is 11.9. The Hall–Kier alpha value is -1.84. The minimum absolute atomic E-state index is 0.156. The van der Waals surface area contributed by atoms with Crippen molar-refractivity contribution in [2.24, 2.45) is 0 Å². The third kappa shape index (κ3) is 2.64. The first-order chi connectivity index (χ1) is 8.06. The molecule has 1 aromatic carbocycles. The third-order valence-corrected chi connectivity index (χ3v) is 3.03. The molecule has 0 unspecified atom stereocenters. The normalized spacial score (nSPS) is 15.1. The molecule has 1 saturated carbocycles. The van der Waals surface area contributed by atoms with Gasteiger partial charge in [0.05, 0.1) is 5.56 Å². The molecule has 4 nitrogen and oxygen atoms in total. The van der Waals surface area contributed by atoms with Crippen molar-refractivity contribution in [3.8, 4) is 0 Å². The van der Waals surface area contributed by atoms with Crippen LogP contribution in [0, 0.1) is 6.92 Å². The van der Waals surface area contributed by atoms with Gasteiger partial charge in [-0.05, 0) is 49.9 Å². The molecule has 2 rings (SSSR count). The van der Waals surface area contributed by atoms with Gasteiger partial charge >= 0.3 is 5.97 Å². The molecule has 0 spiro atoms. The highest BCUT2D eigenvalue weighted by Gasteiger charge is 2.20. The van der Waals surface area contributed by atoms with Crippen LogP contribution in [0.2, 0.25) is 0 Å². The molecule has 1 aliphatic carbocycles. The lowest BCUT2D eigenvalue weighted by Crippen LogP contribution is -2.39. The molecular weight excluding hydrogens is 218 g/mol. The van der Waals surface area contributed by atoms with Crippen LogP contribution >= 0.6 is 0 Å². The molecule has 0 radical (unpaired) electrons. The molecule has 1 fully saturated rings. The van der Waals surface area contributed by atoms with Gasteiger partial charge in [-0.15, -0.1) is 0 Å². The van der Waals surface area contributed by atoms with Crippen molar-refractivity contribution in [3.05, 3.63) is 34.9 Å². The number of carboxylic acid groups (broad SMARTS) is 1. The lowest BCUT2D eigenvalue weighted by molar-refractivity contribution is 0.0696. The van der Waals surface area contributed by atoms with Gasteiger partial charge in [0, 0.05) is 11.6 Å². The Morgan fingerprint density at radius 1 is 1.24 bits per heavy atom. The Labute approximate surface area is 99.6 Å². The molecule has 0 aliphatic heterocycles. The number of hydrogen-bond acceptors (Lipinski definition) is 2. The lowest BCUT2D eigenvalue weighted by atomic mass is 9.93. The maximum Gasteiger partial charge on any atom is 0.335 e. The highest BCUT2D eigenvalue weighted by Crippen LogP contribution is 2.19. The van der Waals surface area contributed by atoms with E-state index in [-0.39, 0.29) is 17.5 Å². The fraction of sp³-hybridized carbons (Fsp3) is 0.385. The van der Waals surface area contributed by atoms with Crippen molar-refractivity contribution in [3.63, 3.8) is 0 Å². The van der Waals surface area contributed by atoms with Crippen molar-refractivity contribution in [1.82, 2.24) is 5.32 Å². The third-order valence-electron chi connectivity index (χ3n) is 3.03. The van der Waals surface area contributed by atoms with Crippen LogP contribution in [0.15, 0.2) is 18.2 Å². The number of rotatable bonds is 3. The minimum atomic E-state index is -1.01. The maximum absolute atomic E-state index is 11.9. The van der Waals surface area contributed by atoms with Crippen molar-refractivity contribution in [2.75, 3.05) is 0 Å². The Morgan fingerprint density at radius 2 is 1.88 bits per heavy atom. The van der Waals surface area contributed by atoms with Gasteiger partial charge in [0.15, 0.2) is 0 Å². The number of carbonyl (C=O) groups excluding carboxylic acids is 1. The predicted octanol–water partition coefficient (Wildman–Crippen LogP) is 1.98. The van der Waals surface area contributed by atoms with E-state index in [0.717, 1.165) is 24.8 Å². The lowest BCUT2D eigenvalue weighted by Gasteiger charge is -2.26. The van der Waals surface area contributed by atoms with Gasteiger partial charge in [0.1, 0.15) is 0 Å². The highest BCUT2D eigenvalue weighted by atomic mass is 16.4. The van der Waals surface area contributed by atoms with E-state index in [1.165, 1.54) is 6.07 Å². The number of nitrogens with one attached hydrogen (secondary N) is 1. The average molecular weight is 233 g/mol. The molecule has 0 heterocycles. The van der Waals surface area contributed by atoms with E-state index in [0.29, 0.717) is 5.56 Å². The molecule has 2 N–H and O–H groups in total. The fourth-order valence-electron chi connectivity index (χ4n) is 1.86. The molecule has 17 heavy (non-hydrogen) atoms. The molecule has 1 aliphatic rings. The van der Waals surface area contributed by atoms with E-state index in [1.54, 1.807) is 19.1 Å². The Balaban J connectivity index is 2.18. The van der Waals surface area contributed by atoms with Crippen LogP contribution in [0.5, 0.6) is 0 Å². The molecule has 0 atom stereocenters. The first-order valence-electron chi connectivity index (χ1n) is 5.72. The summed E-state index contributed by atoms with van der Waals surface area (Å²) in [4.78, 5) is 22.8. The number of aryl methyl sites for hydroxylation is 1. The van der Waals surface area contributed by atoms with Crippen LogP contribution in [-0.2, 0) is 0 Å². The Kier molecular flexibility index (Phi) is 3.13. The zero-order valence-electron chi connectivity index (χ0n) is 9.69. The molecule has 0 bridgehead atoms. The SMILES string of the molecule is Cc1cc(C(=O)O)cc(C(=O)NC2CCC2)c1. The van der Waals surface area contributed by atoms with E-state index in [1.807, 2.05) is 0 Å². The van der Waals surface area contributed by atoms with E-state index in [9.17, 15) is 9.59 Å². The first kappa shape index (κ1) is 11.6. The standard InChI is InChI=1S/C13H15NO3/c1-8-5-9(7-10(6-8)13(16)17)12(15)14-11-3-2-4-11/h5-7,11H,2-4H2,1H3,(H,14,15)(H,16,17). The number of carboxylic acids is 1. The molecule has 0 saturated heterocycles. The summed E-state index contributed by atoms with van der Waals surface area (Å²) in [5.41, 5.74) is 1.36. The average Bonchev–Trinajstić information content (AvgIpc) is 2.22. The second kappa shape index (κ2) is 4.57. The van der Waals surface area contributed by atoms with Gasteiger partial charge in [-0.1, -0.05) is 0 Å². The number of carbonyl (C=O) groups is 2. The van der Waals surface area contributed by atoms with Gasteiger partial charge in [0.2, 0.25) is 0 Å². The zero-order chi connectivity index (χ0) is 12.4. The Bertz CT molecular complexity index is 464. The number of aromatic carboxylic acids is 1. The fourth-order valence-corrected chi connectivity index (χ4v) is 1.86. The topological polar surface area (TPSA) is 66.4 Å². The Morgan fingerprint density at radius 3 is 2.41 bits per heavy atom. The predicted molar refractivity (Wildman–Crippen MR) is 63.2 cm³/mol. The van der Waals surface area contributed by atoms with Crippen molar-refractivity contribution in [2.45, 2.75) is 32.2 Å². The van der Waals surface area contributed by atoms with Crippen LogP contribution < -0.4 is 5.32 Å². The van der Waals surface area contributed by atoms with Crippen LogP contribution in [0.4, 0.5) is 0 Å². The van der Waals surface area contributed by atoms with E-state index >= 15 is 0 Å². The van der Waals surface area contributed by atoms with Gasteiger partial charge < -0.3 is 10.4 Å². The summed E-state index contributed by atoms with van der Waals surface area (Å²) in [6, 6.07) is 4.95. The molecule has 0 aromatic heterocycles. The minimum Gasteiger partial charge on any atom is -0.478 e. The smallest absolute Gasteiger partial charge is 0.335 e. The van der Waals surface area contributed by atoms with E-state index < -0.39 is 5.97 Å². The van der Waals surface area contributed by atoms with Crippen LogP contribution in [-0.4, -0.2) is 23.0 Å². The van der Waals surface area contributed by atoms with Crippen molar-refractivity contribution < 1.29 is 14.7 Å². The van der Waals surface area contributed by atoms with Gasteiger partial charge in [0.25, 0.3) is 5.91 Å². The summed E-state index contributed by atoms with van der Waals surface area (Å²) in [5, 5.41) is 11.8. The molecule has 4 heteroatoms. The van der Waals surface area contributed by atoms with Gasteiger partial charge in [-0.3, -0.25) is 4.79 Å². The monoisotopic (exact) mass is 233 g/mol. The molecule has 1 amide bonds. The summed E-state index contributed by atoms with van der Waals surface area (Å²) in [6.45, 7) is 1.78. The van der Waals surface area contributed by atoms with Gasteiger partial charge in [-0.25, -0.2) is 4.79 Å². The highest BCUT2D eigenvalue weighted by molar-refractivity contribution is 5.98. The van der Waals surface area contributed by atoms with Gasteiger partial charge in [-0.2, -0.15) is 0 Å². The van der Waals surface area contributed by atoms with Crippen molar-refractivity contribution in [1.29, 1.82) is 0 Å². The first-order valence-corrected chi connectivity index (χ1v) is 5.72. The summed E-state index contributed by atoms with van der Waals surface area (Å²) >= 11 is 0. The van der Waals surface area contributed by atoms with Crippen LogP contribution in [0.1, 0.15) is 45.5 Å². The summed E-state index contributed by atoms with van der Waals surface area (Å²) in [6.07, 6.45) is 3.19. The molecule has 1 aromatic rings.